The molecule has 1 aliphatic rings. The lowest BCUT2D eigenvalue weighted by Gasteiger charge is -2.23. The van der Waals surface area contributed by atoms with Gasteiger partial charge in [0.1, 0.15) is 0 Å². The second kappa shape index (κ2) is 12.3. The van der Waals surface area contributed by atoms with Crippen molar-refractivity contribution >= 4 is 34.9 Å². The van der Waals surface area contributed by atoms with E-state index in [0.29, 0.717) is 47.6 Å². The smallest absolute Gasteiger partial charge is 0.344 e. The molecule has 2 N–H and O–H groups in total. The number of hydrogen-bond acceptors (Lipinski definition) is 5. The number of hydrogen-bond donors (Lipinski definition) is 2. The van der Waals surface area contributed by atoms with Crippen molar-refractivity contribution in [1.29, 1.82) is 0 Å². The summed E-state index contributed by atoms with van der Waals surface area (Å²) in [6.07, 6.45) is 1.17. The van der Waals surface area contributed by atoms with Crippen molar-refractivity contribution in [3.63, 3.8) is 0 Å². The van der Waals surface area contributed by atoms with Crippen LogP contribution in [-0.4, -0.2) is 41.8 Å². The molecule has 0 aromatic heterocycles. The Bertz CT molecular complexity index is 1610. The highest BCUT2D eigenvalue weighted by molar-refractivity contribution is 6.13. The SMILES string of the molecule is Cc1ccc(-c2ccccc2C(=O)Nc2ccc(C(=O)N3CCC/C(=N/OCC(=O)O)c4ccccc43)cc2)cc1. The first-order valence-electron chi connectivity index (χ1n) is 13.3. The molecule has 0 bridgehead atoms. The van der Waals surface area contributed by atoms with Crippen molar-refractivity contribution in [3.8, 4) is 11.1 Å². The Labute approximate surface area is 237 Å². The number of rotatable bonds is 7. The zero-order chi connectivity index (χ0) is 28.8. The topological polar surface area (TPSA) is 108 Å². The van der Waals surface area contributed by atoms with Crippen LogP contribution in [0.5, 0.6) is 0 Å². The van der Waals surface area contributed by atoms with Crippen molar-refractivity contribution in [1.82, 2.24) is 0 Å². The monoisotopic (exact) mass is 547 g/mol. The van der Waals surface area contributed by atoms with Gasteiger partial charge in [-0.25, -0.2) is 4.79 Å². The lowest BCUT2D eigenvalue weighted by molar-refractivity contribution is -0.142. The summed E-state index contributed by atoms with van der Waals surface area (Å²) in [6.45, 7) is 1.95. The molecule has 2 amide bonds. The van der Waals surface area contributed by atoms with Gasteiger partial charge >= 0.3 is 5.97 Å². The lowest BCUT2D eigenvalue weighted by Crippen LogP contribution is -2.31. The van der Waals surface area contributed by atoms with Crippen LogP contribution in [0.15, 0.2) is 102 Å². The van der Waals surface area contributed by atoms with Crippen molar-refractivity contribution in [2.75, 3.05) is 23.4 Å². The van der Waals surface area contributed by atoms with Crippen LogP contribution in [0.1, 0.15) is 44.7 Å². The van der Waals surface area contributed by atoms with Crippen molar-refractivity contribution < 1.29 is 24.3 Å². The van der Waals surface area contributed by atoms with Crippen LogP contribution in [0.25, 0.3) is 11.1 Å². The van der Waals surface area contributed by atoms with Crippen LogP contribution in [0, 0.1) is 6.92 Å². The largest absolute Gasteiger partial charge is 0.479 e. The van der Waals surface area contributed by atoms with Gasteiger partial charge in [0.05, 0.1) is 11.4 Å². The van der Waals surface area contributed by atoms with Crippen LogP contribution >= 0.6 is 0 Å². The Morgan fingerprint density at radius 1 is 0.878 bits per heavy atom. The summed E-state index contributed by atoms with van der Waals surface area (Å²) in [7, 11) is 0. The summed E-state index contributed by atoms with van der Waals surface area (Å²) in [4.78, 5) is 44.3. The molecule has 4 aromatic carbocycles. The number of carbonyl (C=O) groups is 3. The summed E-state index contributed by atoms with van der Waals surface area (Å²) >= 11 is 0. The van der Waals surface area contributed by atoms with Gasteiger partial charge in [-0.05, 0) is 67.3 Å². The molecule has 1 aliphatic heterocycles. The minimum absolute atomic E-state index is 0.187. The standard InChI is InChI=1S/C33H29N3O5/c1-22-12-14-23(15-13-22)26-7-2-3-8-27(26)32(39)34-25-18-16-24(17-19-25)33(40)36-20-6-10-29(35-41-21-31(37)38)28-9-4-5-11-30(28)36/h2-5,7-9,11-19H,6,10,20-21H2,1H3,(H,34,39)(H,37,38)/b35-29-. The Morgan fingerprint density at radius 3 is 2.29 bits per heavy atom. The molecule has 0 radical (unpaired) electrons. The Balaban J connectivity index is 1.33. The average molecular weight is 548 g/mol. The number of aliphatic carboxylic acids is 1. The number of carboxylic acid groups (broad SMARTS) is 1. The molecular weight excluding hydrogens is 518 g/mol. The van der Waals surface area contributed by atoms with Crippen molar-refractivity contribution in [2.45, 2.75) is 19.8 Å². The van der Waals surface area contributed by atoms with E-state index in [9.17, 15) is 14.4 Å². The summed E-state index contributed by atoms with van der Waals surface area (Å²) in [5, 5.41) is 15.8. The molecule has 0 saturated heterocycles. The second-order valence-corrected chi connectivity index (χ2v) is 9.73. The predicted octanol–water partition coefficient (Wildman–Crippen LogP) is 6.16. The second-order valence-electron chi connectivity index (χ2n) is 9.73. The summed E-state index contributed by atoms with van der Waals surface area (Å²) in [5.74, 6) is -1.53. The van der Waals surface area contributed by atoms with Gasteiger partial charge in [-0.1, -0.05) is 71.4 Å². The fourth-order valence-electron chi connectivity index (χ4n) is 4.80. The van der Waals surface area contributed by atoms with Gasteiger partial charge in [-0.3, -0.25) is 9.59 Å². The molecule has 0 saturated carbocycles. The normalized spacial score (nSPS) is 13.7. The summed E-state index contributed by atoms with van der Waals surface area (Å²) < 4.78 is 0. The minimum atomic E-state index is -1.11. The highest BCUT2D eigenvalue weighted by Crippen LogP contribution is 2.29. The molecule has 206 valence electrons. The number of carbonyl (C=O) groups excluding carboxylic acids is 2. The van der Waals surface area contributed by atoms with Crippen LogP contribution in [0.4, 0.5) is 11.4 Å². The van der Waals surface area contributed by atoms with Crippen LogP contribution in [0.2, 0.25) is 0 Å². The highest BCUT2D eigenvalue weighted by atomic mass is 16.6. The van der Waals surface area contributed by atoms with Crippen LogP contribution < -0.4 is 10.2 Å². The number of aryl methyl sites for hydroxylation is 1. The first-order valence-corrected chi connectivity index (χ1v) is 13.3. The van der Waals surface area contributed by atoms with E-state index in [2.05, 4.69) is 10.5 Å². The maximum Gasteiger partial charge on any atom is 0.344 e. The first kappa shape index (κ1) is 27.3. The Morgan fingerprint density at radius 2 is 1.56 bits per heavy atom. The zero-order valence-corrected chi connectivity index (χ0v) is 22.5. The average Bonchev–Trinajstić information content (AvgIpc) is 3.17. The molecule has 41 heavy (non-hydrogen) atoms. The summed E-state index contributed by atoms with van der Waals surface area (Å²) in [5.41, 5.74) is 6.55. The molecule has 0 aliphatic carbocycles. The third kappa shape index (κ3) is 6.33. The van der Waals surface area contributed by atoms with E-state index in [1.54, 1.807) is 35.2 Å². The number of fused-ring (bicyclic) bond motifs is 1. The fourth-order valence-corrected chi connectivity index (χ4v) is 4.80. The number of benzene rings is 4. The van der Waals surface area contributed by atoms with Gasteiger partial charge in [0.2, 0.25) is 6.61 Å². The van der Waals surface area contributed by atoms with Crippen LogP contribution in [-0.2, 0) is 9.63 Å². The van der Waals surface area contributed by atoms with Crippen molar-refractivity contribution in [2.24, 2.45) is 5.16 Å². The number of nitrogens with zero attached hydrogens (tertiary/aromatic N) is 2. The Kier molecular flexibility index (Phi) is 8.20. The van der Waals surface area contributed by atoms with Gasteiger partial charge in [0.25, 0.3) is 11.8 Å². The zero-order valence-electron chi connectivity index (χ0n) is 22.5. The van der Waals surface area contributed by atoms with E-state index in [1.165, 1.54) is 0 Å². The van der Waals surface area contributed by atoms with Gasteiger partial charge in [0.15, 0.2) is 0 Å². The van der Waals surface area contributed by atoms with Crippen LogP contribution in [0.3, 0.4) is 0 Å². The maximum atomic E-state index is 13.6. The molecule has 8 nitrogen and oxygen atoms in total. The molecule has 4 aromatic rings. The van der Waals surface area contributed by atoms with E-state index in [1.807, 2.05) is 73.7 Å². The number of oxime groups is 1. The third-order valence-electron chi connectivity index (χ3n) is 6.83. The fraction of sp³-hybridized carbons (Fsp3) is 0.152. The minimum Gasteiger partial charge on any atom is -0.479 e. The molecule has 0 unspecified atom stereocenters. The number of anilines is 2. The number of carboxylic acids is 1. The van der Waals surface area contributed by atoms with Gasteiger partial charge in [-0.15, -0.1) is 0 Å². The van der Waals surface area contributed by atoms with Gasteiger partial charge in [-0.2, -0.15) is 0 Å². The van der Waals surface area contributed by atoms with E-state index in [0.717, 1.165) is 22.3 Å². The maximum absolute atomic E-state index is 13.6. The van der Waals surface area contributed by atoms with E-state index < -0.39 is 12.6 Å². The lowest BCUT2D eigenvalue weighted by atomic mass is 9.98. The van der Waals surface area contributed by atoms with Gasteiger partial charge in [0, 0.05) is 28.9 Å². The molecule has 8 heteroatoms. The highest BCUT2D eigenvalue weighted by Gasteiger charge is 2.25. The molecule has 5 rings (SSSR count). The predicted molar refractivity (Wildman–Crippen MR) is 158 cm³/mol. The van der Waals surface area contributed by atoms with Gasteiger partial charge < -0.3 is 20.2 Å². The molecule has 0 atom stereocenters. The number of amides is 2. The van der Waals surface area contributed by atoms with E-state index in [4.69, 9.17) is 9.94 Å². The molecule has 0 fully saturated rings. The molecule has 0 spiro atoms. The van der Waals surface area contributed by atoms with E-state index >= 15 is 0 Å². The Hall–Kier alpha value is -5.24. The molecular formula is C33H29N3O5. The van der Waals surface area contributed by atoms with E-state index in [-0.39, 0.29) is 11.8 Å². The number of nitrogens with one attached hydrogen (secondary N) is 1. The molecule has 1 heterocycles. The van der Waals surface area contributed by atoms with Crippen molar-refractivity contribution in [3.05, 3.63) is 119 Å². The quantitative estimate of drug-likeness (QED) is 0.270. The number of para-hydroxylation sites is 1. The third-order valence-corrected chi connectivity index (χ3v) is 6.83. The summed E-state index contributed by atoms with van der Waals surface area (Å²) in [6, 6.07) is 29.7. The first-order chi connectivity index (χ1) is 19.9.